The summed E-state index contributed by atoms with van der Waals surface area (Å²) < 4.78 is 18.9. The fraction of sp³-hybridized carbons (Fsp3) is 0.400. The summed E-state index contributed by atoms with van der Waals surface area (Å²) in [6, 6.07) is 11.8. The van der Waals surface area contributed by atoms with E-state index >= 15 is 0 Å². The third-order valence-electron chi connectivity index (χ3n) is 5.14. The first-order valence-electron chi connectivity index (χ1n) is 10.5. The van der Waals surface area contributed by atoms with Gasteiger partial charge in [-0.2, -0.15) is 0 Å². The number of rotatable bonds is 8. The largest absolute Gasteiger partial charge is 0.467 e. The first kappa shape index (κ1) is 25.0. The molecular weight excluding hydrogens is 411 g/mol. The Kier molecular flexibility index (Phi) is 8.52. The van der Waals surface area contributed by atoms with Crippen molar-refractivity contribution in [3.05, 3.63) is 71.0 Å². The number of hydrogen-bond acceptors (Lipinski definition) is 4. The van der Waals surface area contributed by atoms with Crippen LogP contribution in [0.2, 0.25) is 0 Å². The van der Waals surface area contributed by atoms with Gasteiger partial charge in [0, 0.05) is 19.8 Å². The number of hydrogen-bond donors (Lipinski definition) is 2. The fourth-order valence-electron chi connectivity index (χ4n) is 3.32. The Hall–Kier alpha value is -3.22. The van der Waals surface area contributed by atoms with Gasteiger partial charge in [0.1, 0.15) is 17.9 Å². The van der Waals surface area contributed by atoms with E-state index < -0.39 is 35.7 Å². The molecule has 0 aliphatic rings. The van der Waals surface area contributed by atoms with Crippen molar-refractivity contribution >= 4 is 17.8 Å². The highest BCUT2D eigenvalue weighted by Gasteiger charge is 2.28. The van der Waals surface area contributed by atoms with Gasteiger partial charge < -0.3 is 15.4 Å². The molecule has 0 fully saturated rings. The maximum absolute atomic E-state index is 14.1. The van der Waals surface area contributed by atoms with Gasteiger partial charge in [0.25, 0.3) is 0 Å². The van der Waals surface area contributed by atoms with Crippen molar-refractivity contribution in [2.24, 2.45) is 0 Å². The van der Waals surface area contributed by atoms with E-state index in [1.54, 1.807) is 18.2 Å². The van der Waals surface area contributed by atoms with Gasteiger partial charge >= 0.3 is 5.97 Å². The summed E-state index contributed by atoms with van der Waals surface area (Å²) in [5.41, 5.74) is 2.27. The Morgan fingerprint density at radius 3 is 2.09 bits per heavy atom. The predicted octanol–water partition coefficient (Wildman–Crippen LogP) is 3.07. The number of amides is 2. The molecule has 2 atom stereocenters. The van der Waals surface area contributed by atoms with E-state index in [1.165, 1.54) is 20.1 Å². The Morgan fingerprint density at radius 1 is 0.938 bits per heavy atom. The van der Waals surface area contributed by atoms with Gasteiger partial charge in [-0.25, -0.2) is 9.18 Å². The second-order valence-electron chi connectivity index (χ2n) is 8.78. The molecule has 2 aromatic rings. The average Bonchev–Trinajstić information content (AvgIpc) is 2.73. The fourth-order valence-corrected chi connectivity index (χ4v) is 3.32. The number of ether oxygens (including phenoxy) is 1. The Balaban J connectivity index is 2.19. The van der Waals surface area contributed by atoms with Crippen LogP contribution in [0, 0.1) is 5.82 Å². The number of halogens is 1. The number of carbonyl (C=O) groups is 3. The smallest absolute Gasteiger partial charge is 0.328 e. The van der Waals surface area contributed by atoms with Crippen LogP contribution in [0.4, 0.5) is 4.39 Å². The van der Waals surface area contributed by atoms with Crippen molar-refractivity contribution in [2.75, 3.05) is 7.11 Å². The van der Waals surface area contributed by atoms with Crippen LogP contribution in [0.3, 0.4) is 0 Å². The predicted molar refractivity (Wildman–Crippen MR) is 121 cm³/mol. The second kappa shape index (κ2) is 10.9. The molecule has 0 saturated heterocycles. The highest BCUT2D eigenvalue weighted by atomic mass is 19.1. The van der Waals surface area contributed by atoms with Gasteiger partial charge in [-0.15, -0.1) is 0 Å². The van der Waals surface area contributed by atoms with E-state index in [2.05, 4.69) is 31.4 Å². The van der Waals surface area contributed by atoms with Crippen LogP contribution < -0.4 is 10.6 Å². The van der Waals surface area contributed by atoms with Gasteiger partial charge in [-0.3, -0.25) is 9.59 Å². The molecule has 0 radical (unpaired) electrons. The molecule has 0 aliphatic carbocycles. The van der Waals surface area contributed by atoms with Crippen LogP contribution in [-0.2, 0) is 37.4 Å². The summed E-state index contributed by atoms with van der Waals surface area (Å²) in [7, 11) is 1.24. The molecule has 2 aromatic carbocycles. The molecule has 2 rings (SSSR count). The SMILES string of the molecule is COC(=O)[C@H](Cc1ccc(C(C)(C)C)cc1)NC(=O)[C@H](Cc1ccccc1F)NC(C)=O. The molecule has 2 amide bonds. The van der Waals surface area contributed by atoms with E-state index in [-0.39, 0.29) is 23.8 Å². The molecule has 0 saturated carbocycles. The average molecular weight is 443 g/mol. The first-order valence-corrected chi connectivity index (χ1v) is 10.5. The molecule has 0 unspecified atom stereocenters. The molecule has 0 aromatic heterocycles. The third-order valence-corrected chi connectivity index (χ3v) is 5.14. The summed E-state index contributed by atoms with van der Waals surface area (Å²) >= 11 is 0. The number of benzene rings is 2. The summed E-state index contributed by atoms with van der Waals surface area (Å²) in [6.45, 7) is 7.60. The number of nitrogens with one attached hydrogen (secondary N) is 2. The van der Waals surface area contributed by atoms with E-state index in [9.17, 15) is 18.8 Å². The van der Waals surface area contributed by atoms with E-state index in [0.717, 1.165) is 11.1 Å². The van der Waals surface area contributed by atoms with Crippen LogP contribution >= 0.6 is 0 Å². The second-order valence-corrected chi connectivity index (χ2v) is 8.78. The Morgan fingerprint density at radius 2 is 1.56 bits per heavy atom. The monoisotopic (exact) mass is 442 g/mol. The number of carbonyl (C=O) groups excluding carboxylic acids is 3. The number of methoxy groups -OCH3 is 1. The molecule has 7 heteroatoms. The molecule has 6 nitrogen and oxygen atoms in total. The lowest BCUT2D eigenvalue weighted by molar-refractivity contribution is -0.145. The van der Waals surface area contributed by atoms with Crippen LogP contribution in [0.1, 0.15) is 44.4 Å². The van der Waals surface area contributed by atoms with Crippen LogP contribution in [0.5, 0.6) is 0 Å². The van der Waals surface area contributed by atoms with Crippen LogP contribution in [0.15, 0.2) is 48.5 Å². The van der Waals surface area contributed by atoms with Crippen molar-refractivity contribution < 1.29 is 23.5 Å². The van der Waals surface area contributed by atoms with E-state index in [4.69, 9.17) is 4.74 Å². The summed E-state index contributed by atoms with van der Waals surface area (Å²) in [5, 5.41) is 5.19. The normalized spacial score (nSPS) is 13.1. The molecule has 0 spiro atoms. The summed E-state index contributed by atoms with van der Waals surface area (Å²) in [5.74, 6) is -2.11. The minimum atomic E-state index is -1.04. The van der Waals surface area contributed by atoms with Crippen LogP contribution in [0.25, 0.3) is 0 Å². The topological polar surface area (TPSA) is 84.5 Å². The molecule has 0 aliphatic heterocycles. The van der Waals surface area contributed by atoms with E-state index in [0.29, 0.717) is 0 Å². The molecule has 0 bridgehead atoms. The maximum Gasteiger partial charge on any atom is 0.328 e. The minimum Gasteiger partial charge on any atom is -0.467 e. The van der Waals surface area contributed by atoms with Gasteiger partial charge in [0.15, 0.2) is 0 Å². The van der Waals surface area contributed by atoms with Gasteiger partial charge in [-0.1, -0.05) is 63.2 Å². The van der Waals surface area contributed by atoms with Crippen molar-refractivity contribution in [1.82, 2.24) is 10.6 Å². The lowest BCUT2D eigenvalue weighted by Crippen LogP contribution is -2.53. The lowest BCUT2D eigenvalue weighted by atomic mass is 9.86. The molecule has 2 N–H and O–H groups in total. The zero-order valence-electron chi connectivity index (χ0n) is 19.2. The molecule has 32 heavy (non-hydrogen) atoms. The van der Waals surface area contributed by atoms with Gasteiger partial charge in [0.05, 0.1) is 7.11 Å². The standard InChI is InChI=1S/C25H31FN2O4/c1-16(29)27-21(15-18-8-6-7-9-20(18)26)23(30)28-22(24(31)32-5)14-17-10-12-19(13-11-17)25(2,3)4/h6-13,21-22H,14-15H2,1-5H3,(H,27,29)(H,28,30)/t21-,22-/m0/s1. The summed E-state index contributed by atoms with van der Waals surface area (Å²) in [6.07, 6.45) is 0.168. The molecule has 0 heterocycles. The zero-order chi connectivity index (χ0) is 23.9. The highest BCUT2D eigenvalue weighted by Crippen LogP contribution is 2.22. The first-order chi connectivity index (χ1) is 15.0. The zero-order valence-corrected chi connectivity index (χ0v) is 19.2. The molecule has 172 valence electrons. The lowest BCUT2D eigenvalue weighted by Gasteiger charge is -2.23. The van der Waals surface area contributed by atoms with E-state index in [1.807, 2.05) is 24.3 Å². The minimum absolute atomic E-state index is 0.00715. The van der Waals surface area contributed by atoms with Crippen molar-refractivity contribution in [2.45, 2.75) is 58.0 Å². The van der Waals surface area contributed by atoms with Gasteiger partial charge in [-0.05, 0) is 28.2 Å². The maximum atomic E-state index is 14.1. The summed E-state index contributed by atoms with van der Waals surface area (Å²) in [4.78, 5) is 36.9. The highest BCUT2D eigenvalue weighted by molar-refractivity contribution is 5.90. The van der Waals surface area contributed by atoms with Crippen molar-refractivity contribution in [1.29, 1.82) is 0 Å². The number of esters is 1. The van der Waals surface area contributed by atoms with Gasteiger partial charge in [0.2, 0.25) is 11.8 Å². The molecular formula is C25H31FN2O4. The third kappa shape index (κ3) is 7.18. The van der Waals surface area contributed by atoms with Crippen molar-refractivity contribution in [3.8, 4) is 0 Å². The Bertz CT molecular complexity index is 951. The van der Waals surface area contributed by atoms with Crippen molar-refractivity contribution in [3.63, 3.8) is 0 Å². The Labute approximate surface area is 188 Å². The quantitative estimate of drug-likeness (QED) is 0.616. The van der Waals surface area contributed by atoms with Crippen LogP contribution in [-0.4, -0.2) is 37.0 Å².